The highest BCUT2D eigenvalue weighted by Crippen LogP contribution is 2.46. The Morgan fingerprint density at radius 3 is 2.27 bits per heavy atom. The van der Waals surface area contributed by atoms with Gasteiger partial charge in [-0.25, -0.2) is 4.39 Å². The first-order chi connectivity index (χ1) is 19.0. The molecule has 0 spiro atoms. The van der Waals surface area contributed by atoms with Crippen molar-refractivity contribution in [2.45, 2.75) is 96.6 Å². The highest BCUT2D eigenvalue weighted by atomic mass is 19.1. The van der Waals surface area contributed by atoms with Gasteiger partial charge in [0.25, 0.3) is 5.91 Å². The van der Waals surface area contributed by atoms with Crippen molar-refractivity contribution < 1.29 is 28.6 Å². The van der Waals surface area contributed by atoms with Gasteiger partial charge in [-0.1, -0.05) is 13.3 Å². The van der Waals surface area contributed by atoms with E-state index in [0.717, 1.165) is 44.6 Å². The van der Waals surface area contributed by atoms with Crippen LogP contribution in [-0.2, 0) is 9.59 Å². The first-order valence-electron chi connectivity index (χ1n) is 14.7. The Morgan fingerprint density at radius 2 is 1.70 bits per heavy atom. The van der Waals surface area contributed by atoms with E-state index >= 15 is 4.39 Å². The molecular formula is C31H40FN3O5. The molecule has 3 N–H and O–H groups in total. The molecule has 1 aromatic rings. The van der Waals surface area contributed by atoms with Crippen molar-refractivity contribution in [1.82, 2.24) is 10.6 Å². The van der Waals surface area contributed by atoms with Gasteiger partial charge in [0, 0.05) is 12.6 Å². The summed E-state index contributed by atoms with van der Waals surface area (Å²) in [6, 6.07) is 3.87. The van der Waals surface area contributed by atoms with Crippen LogP contribution in [0.1, 0.15) is 100 Å². The number of carboxylic acid groups (broad SMARTS) is 1. The zero-order valence-electron chi connectivity index (χ0n) is 23.4. The van der Waals surface area contributed by atoms with E-state index in [1.165, 1.54) is 12.5 Å². The molecule has 2 amide bonds. The minimum Gasteiger partial charge on any atom is -0.489 e. The minimum atomic E-state index is -0.843. The van der Waals surface area contributed by atoms with Crippen molar-refractivity contribution in [3.8, 4) is 11.8 Å². The molecule has 0 aliphatic heterocycles. The molecule has 0 aromatic heterocycles. The van der Waals surface area contributed by atoms with Crippen LogP contribution < -0.4 is 15.4 Å². The van der Waals surface area contributed by atoms with Crippen molar-refractivity contribution in [3.05, 3.63) is 29.1 Å². The summed E-state index contributed by atoms with van der Waals surface area (Å²) in [6.45, 7) is 4.54. The molecule has 40 heavy (non-hydrogen) atoms. The molecule has 5 saturated carbocycles. The van der Waals surface area contributed by atoms with Crippen LogP contribution in [0.5, 0.6) is 5.75 Å². The Morgan fingerprint density at radius 1 is 1.05 bits per heavy atom. The summed E-state index contributed by atoms with van der Waals surface area (Å²) in [4.78, 5) is 38.4. The third-order valence-electron chi connectivity index (χ3n) is 10.4. The molecule has 6 rings (SSSR count). The fraction of sp³-hybridized carbons (Fsp3) is 0.677. The molecule has 9 heteroatoms. The Labute approximate surface area is 235 Å². The third kappa shape index (κ3) is 5.55. The maximum absolute atomic E-state index is 15.1. The molecule has 216 valence electrons. The summed E-state index contributed by atoms with van der Waals surface area (Å²) in [7, 11) is 0. The number of carbonyl (C=O) groups excluding carboxylic acids is 2. The molecule has 2 atom stereocenters. The average molecular weight is 554 g/mol. The van der Waals surface area contributed by atoms with Crippen molar-refractivity contribution >= 4 is 17.8 Å². The summed E-state index contributed by atoms with van der Waals surface area (Å²) >= 11 is 0. The summed E-state index contributed by atoms with van der Waals surface area (Å²) in [5.74, 6) is -2.18. The molecule has 0 heterocycles. The Hall–Kier alpha value is -3.15. The van der Waals surface area contributed by atoms with E-state index in [1.807, 2.05) is 6.07 Å². The van der Waals surface area contributed by atoms with Gasteiger partial charge in [0.1, 0.15) is 17.6 Å². The van der Waals surface area contributed by atoms with E-state index in [9.17, 15) is 24.8 Å². The number of carboxylic acids is 1. The highest BCUT2D eigenvalue weighted by molar-refractivity contribution is 5.96. The quantitative estimate of drug-likeness (QED) is 0.418. The average Bonchev–Trinajstić information content (AvgIpc) is 2.93. The van der Waals surface area contributed by atoms with E-state index < -0.39 is 23.1 Å². The number of ether oxygens (including phenoxy) is 1. The second-order valence-corrected chi connectivity index (χ2v) is 13.2. The molecule has 0 radical (unpaired) electrons. The lowest BCUT2D eigenvalue weighted by molar-refractivity contribution is -0.150. The molecule has 0 saturated heterocycles. The predicted molar refractivity (Wildman–Crippen MR) is 145 cm³/mol. The number of nitrogens with zero attached hydrogens (tertiary/aromatic N) is 1. The predicted octanol–water partition coefficient (Wildman–Crippen LogP) is 4.95. The zero-order valence-corrected chi connectivity index (χ0v) is 23.4. The van der Waals surface area contributed by atoms with Crippen LogP contribution in [0.3, 0.4) is 0 Å². The van der Waals surface area contributed by atoms with Crippen LogP contribution in [-0.4, -0.2) is 41.6 Å². The summed E-state index contributed by atoms with van der Waals surface area (Å²) in [5, 5.41) is 25.3. The number of fused-ring (bicyclic) bond motifs is 3. The number of rotatable bonds is 8. The Bertz CT molecular complexity index is 1210. The number of aliphatic carboxylic acids is 1. The molecule has 5 aliphatic rings. The van der Waals surface area contributed by atoms with E-state index in [-0.39, 0.29) is 58.1 Å². The van der Waals surface area contributed by atoms with Crippen LogP contribution in [0, 0.1) is 45.7 Å². The smallest absolute Gasteiger partial charge is 0.309 e. The van der Waals surface area contributed by atoms with Crippen molar-refractivity contribution in [1.29, 1.82) is 5.26 Å². The number of nitriles is 1. The summed E-state index contributed by atoms with van der Waals surface area (Å²) < 4.78 is 21.2. The SMILES string of the molecule is CC1(CNC(=O)C2C3CCC(CC3)C2NC(=O)c2cc(OC3CCC(C)(C(=O)O)CC3)c(C#N)cc2F)CCC1. The van der Waals surface area contributed by atoms with Crippen molar-refractivity contribution in [3.63, 3.8) is 0 Å². The van der Waals surface area contributed by atoms with Gasteiger partial charge >= 0.3 is 5.97 Å². The molecule has 8 nitrogen and oxygen atoms in total. The standard InChI is InChI=1S/C31H40FN3O5/c1-30(10-3-11-30)17-34-28(37)25-18-4-6-19(7-5-18)26(25)35-27(36)22-15-24(20(16-33)14-23(22)32)40-21-8-12-31(2,13-9-21)29(38)39/h14-15,18-19,21,25-26H,3-13,17H2,1-2H3,(H,34,37)(H,35,36)(H,38,39). The van der Waals surface area contributed by atoms with Gasteiger partial charge in [-0.05, 0) is 101 Å². The lowest BCUT2D eigenvalue weighted by atomic mass is 9.61. The number of hydrogen-bond acceptors (Lipinski definition) is 5. The van der Waals surface area contributed by atoms with Crippen LogP contribution >= 0.6 is 0 Å². The van der Waals surface area contributed by atoms with Gasteiger partial charge in [0.15, 0.2) is 0 Å². The number of halogens is 1. The normalized spacial score (nSPS) is 32.3. The first-order valence-corrected chi connectivity index (χ1v) is 14.7. The number of benzene rings is 1. The second-order valence-electron chi connectivity index (χ2n) is 13.2. The molecular weight excluding hydrogens is 513 g/mol. The highest BCUT2D eigenvalue weighted by Gasteiger charge is 2.48. The van der Waals surface area contributed by atoms with Gasteiger partial charge in [0.2, 0.25) is 5.91 Å². The van der Waals surface area contributed by atoms with Crippen LogP contribution in [0.4, 0.5) is 4.39 Å². The van der Waals surface area contributed by atoms with E-state index in [4.69, 9.17) is 4.74 Å². The molecule has 5 aliphatic carbocycles. The lowest BCUT2D eigenvalue weighted by Gasteiger charge is -2.48. The van der Waals surface area contributed by atoms with Gasteiger partial charge in [-0.3, -0.25) is 14.4 Å². The summed E-state index contributed by atoms with van der Waals surface area (Å²) in [5.41, 5.74) is -0.903. The Kier molecular flexibility index (Phi) is 7.82. The van der Waals surface area contributed by atoms with Gasteiger partial charge in [-0.15, -0.1) is 0 Å². The van der Waals surface area contributed by atoms with Gasteiger partial charge in [-0.2, -0.15) is 5.26 Å². The number of carbonyl (C=O) groups is 3. The largest absolute Gasteiger partial charge is 0.489 e. The van der Waals surface area contributed by atoms with Crippen LogP contribution in [0.15, 0.2) is 12.1 Å². The minimum absolute atomic E-state index is 0.0147. The third-order valence-corrected chi connectivity index (χ3v) is 10.4. The molecule has 1 aromatic carbocycles. The first kappa shape index (κ1) is 28.4. The monoisotopic (exact) mass is 553 g/mol. The van der Waals surface area contributed by atoms with Crippen molar-refractivity contribution in [2.24, 2.45) is 28.6 Å². The molecule has 5 fully saturated rings. The zero-order chi connectivity index (χ0) is 28.7. The summed E-state index contributed by atoms with van der Waals surface area (Å²) in [6.07, 6.45) is 8.64. The number of amides is 2. The second kappa shape index (κ2) is 11.0. The van der Waals surface area contributed by atoms with E-state index in [0.29, 0.717) is 32.2 Å². The maximum Gasteiger partial charge on any atom is 0.309 e. The number of hydrogen-bond donors (Lipinski definition) is 3. The lowest BCUT2D eigenvalue weighted by Crippen LogP contribution is -2.59. The van der Waals surface area contributed by atoms with E-state index in [1.54, 1.807) is 6.92 Å². The van der Waals surface area contributed by atoms with Crippen LogP contribution in [0.2, 0.25) is 0 Å². The molecule has 2 unspecified atom stereocenters. The van der Waals surface area contributed by atoms with Crippen molar-refractivity contribution in [2.75, 3.05) is 6.54 Å². The fourth-order valence-corrected chi connectivity index (χ4v) is 7.29. The number of nitrogens with one attached hydrogen (secondary N) is 2. The fourth-order valence-electron chi connectivity index (χ4n) is 7.29. The Balaban J connectivity index is 1.30. The van der Waals surface area contributed by atoms with E-state index in [2.05, 4.69) is 17.6 Å². The van der Waals surface area contributed by atoms with Gasteiger partial charge in [0.05, 0.1) is 28.6 Å². The van der Waals surface area contributed by atoms with Gasteiger partial charge < -0.3 is 20.5 Å². The maximum atomic E-state index is 15.1. The van der Waals surface area contributed by atoms with Crippen LogP contribution in [0.25, 0.3) is 0 Å². The topological polar surface area (TPSA) is 129 Å². The molecule has 2 bridgehead atoms.